The predicted octanol–water partition coefficient (Wildman–Crippen LogP) is 3.09. The molecule has 1 aromatic heterocycles. The molecule has 1 atom stereocenters. The Morgan fingerprint density at radius 3 is 2.67 bits per heavy atom. The molecule has 4 rings (SSSR count). The molecule has 0 spiro atoms. The van der Waals surface area contributed by atoms with E-state index in [1.807, 2.05) is 4.57 Å². The summed E-state index contributed by atoms with van der Waals surface area (Å²) < 4.78 is 49.2. The third-order valence-electron chi connectivity index (χ3n) is 5.70. The number of ether oxygens (including phenoxy) is 1. The number of nitrogens with zero attached hydrogens (tertiary/aromatic N) is 2. The number of nitro groups is 1. The molecular weight excluding hydrogens is 453 g/mol. The fourth-order valence-corrected chi connectivity index (χ4v) is 5.54. The van der Waals surface area contributed by atoms with Gasteiger partial charge < -0.3 is 9.30 Å². The number of benzene rings is 2. The Hall–Kier alpha value is -3.31. The summed E-state index contributed by atoms with van der Waals surface area (Å²) in [6, 6.07) is 8.53. The van der Waals surface area contributed by atoms with E-state index in [0.29, 0.717) is 30.2 Å². The number of fused-ring (bicyclic) bond motifs is 3. The lowest BCUT2D eigenvalue weighted by Gasteiger charge is -2.25. The molecule has 1 aliphatic carbocycles. The van der Waals surface area contributed by atoms with Gasteiger partial charge in [-0.15, -0.1) is 0 Å². The smallest absolute Gasteiger partial charge is 0.325 e. The van der Waals surface area contributed by atoms with Crippen LogP contribution in [0.25, 0.3) is 10.9 Å². The van der Waals surface area contributed by atoms with Gasteiger partial charge in [0.2, 0.25) is 10.0 Å². The lowest BCUT2D eigenvalue weighted by molar-refractivity contribution is -0.384. The Morgan fingerprint density at radius 1 is 1.27 bits per heavy atom. The SMILES string of the molecule is CCOC(=O)Cn1c2c(c3cc(F)ccc31)C[C@@H](NS(=O)(=O)c1ccc([N+](=O)[O-])cc1)CC2. The van der Waals surface area contributed by atoms with Gasteiger partial charge in [0.25, 0.3) is 5.69 Å². The highest BCUT2D eigenvalue weighted by atomic mass is 32.2. The second-order valence-corrected chi connectivity index (χ2v) is 9.50. The van der Waals surface area contributed by atoms with Crippen molar-refractivity contribution in [2.75, 3.05) is 6.61 Å². The van der Waals surface area contributed by atoms with Crippen molar-refractivity contribution < 1.29 is 27.3 Å². The maximum Gasteiger partial charge on any atom is 0.325 e. The van der Waals surface area contributed by atoms with Crippen LogP contribution < -0.4 is 4.72 Å². The van der Waals surface area contributed by atoms with Gasteiger partial charge in [0.15, 0.2) is 0 Å². The molecule has 0 unspecified atom stereocenters. The first-order valence-electron chi connectivity index (χ1n) is 10.4. The van der Waals surface area contributed by atoms with E-state index >= 15 is 0 Å². The molecule has 11 heteroatoms. The molecule has 0 saturated heterocycles. The first-order chi connectivity index (χ1) is 15.7. The van der Waals surface area contributed by atoms with Crippen LogP contribution in [0.2, 0.25) is 0 Å². The summed E-state index contributed by atoms with van der Waals surface area (Å²) in [6.07, 6.45) is 1.27. The molecule has 0 aliphatic heterocycles. The van der Waals surface area contributed by atoms with Crippen LogP contribution in [0.1, 0.15) is 24.6 Å². The van der Waals surface area contributed by atoms with E-state index in [-0.39, 0.29) is 23.7 Å². The normalized spacial score (nSPS) is 15.9. The fraction of sp³-hybridized carbons (Fsp3) is 0.318. The van der Waals surface area contributed by atoms with Crippen molar-refractivity contribution in [1.82, 2.24) is 9.29 Å². The standard InChI is InChI=1S/C22H22FN3O6S/c1-2-32-22(27)13-25-20-9-3-14(23)11-18(20)19-12-15(4-10-21(19)25)24-33(30,31)17-7-5-16(6-8-17)26(28)29/h3,5-9,11,15,24H,2,4,10,12-13H2,1H3/t15-/m0/s1. The largest absolute Gasteiger partial charge is 0.465 e. The van der Waals surface area contributed by atoms with Gasteiger partial charge in [-0.25, -0.2) is 17.5 Å². The van der Waals surface area contributed by atoms with E-state index in [0.717, 1.165) is 23.4 Å². The van der Waals surface area contributed by atoms with E-state index in [4.69, 9.17) is 4.74 Å². The molecule has 2 aromatic carbocycles. The molecule has 0 fully saturated rings. The molecule has 1 N–H and O–H groups in total. The lowest BCUT2D eigenvalue weighted by atomic mass is 9.92. The van der Waals surface area contributed by atoms with Crippen LogP contribution >= 0.6 is 0 Å². The number of carbonyl (C=O) groups excluding carboxylic acids is 1. The number of carbonyl (C=O) groups is 1. The summed E-state index contributed by atoms with van der Waals surface area (Å²) in [5.74, 6) is -0.824. The molecule has 174 valence electrons. The second-order valence-electron chi connectivity index (χ2n) is 7.79. The van der Waals surface area contributed by atoms with Crippen molar-refractivity contribution in [2.45, 2.75) is 43.7 Å². The number of nitro benzene ring substituents is 1. The highest BCUT2D eigenvalue weighted by molar-refractivity contribution is 7.89. The zero-order chi connectivity index (χ0) is 23.8. The maximum absolute atomic E-state index is 14.0. The van der Waals surface area contributed by atoms with E-state index in [1.165, 1.54) is 24.3 Å². The molecule has 3 aromatic rings. The minimum absolute atomic E-state index is 0.00943. The summed E-state index contributed by atoms with van der Waals surface area (Å²) in [4.78, 5) is 22.3. The van der Waals surface area contributed by atoms with Crippen molar-refractivity contribution in [1.29, 1.82) is 0 Å². The highest BCUT2D eigenvalue weighted by Crippen LogP contribution is 2.33. The average Bonchev–Trinajstić information content (AvgIpc) is 3.06. The zero-order valence-electron chi connectivity index (χ0n) is 17.8. The van der Waals surface area contributed by atoms with Gasteiger partial charge in [-0.1, -0.05) is 0 Å². The van der Waals surface area contributed by atoms with E-state index in [2.05, 4.69) is 4.72 Å². The molecular formula is C22H22FN3O6S. The molecule has 0 saturated carbocycles. The molecule has 1 aliphatic rings. The van der Waals surface area contributed by atoms with Gasteiger partial charge in [0.1, 0.15) is 12.4 Å². The molecule has 0 amide bonds. The number of rotatable bonds is 7. The number of non-ortho nitro benzene ring substituents is 1. The van der Waals surface area contributed by atoms with Crippen molar-refractivity contribution in [3.05, 3.63) is 69.7 Å². The van der Waals surface area contributed by atoms with Crippen LogP contribution in [0.5, 0.6) is 0 Å². The zero-order valence-corrected chi connectivity index (χ0v) is 18.6. The third-order valence-corrected chi connectivity index (χ3v) is 7.24. The monoisotopic (exact) mass is 475 g/mol. The summed E-state index contributed by atoms with van der Waals surface area (Å²) in [5, 5.41) is 11.4. The van der Waals surface area contributed by atoms with Gasteiger partial charge in [-0.3, -0.25) is 14.9 Å². The van der Waals surface area contributed by atoms with Crippen LogP contribution in [0.15, 0.2) is 47.4 Å². The van der Waals surface area contributed by atoms with Crippen LogP contribution in [0.4, 0.5) is 10.1 Å². The number of sulfonamides is 1. The lowest BCUT2D eigenvalue weighted by Crippen LogP contribution is -2.39. The summed E-state index contributed by atoms with van der Waals surface area (Å²) in [6.45, 7) is 1.96. The number of halogens is 1. The summed E-state index contributed by atoms with van der Waals surface area (Å²) in [7, 11) is -3.91. The summed E-state index contributed by atoms with van der Waals surface area (Å²) >= 11 is 0. The molecule has 9 nitrogen and oxygen atoms in total. The van der Waals surface area contributed by atoms with Crippen LogP contribution in [0, 0.1) is 15.9 Å². The minimum Gasteiger partial charge on any atom is -0.465 e. The fourth-order valence-electron chi connectivity index (χ4n) is 4.27. The van der Waals surface area contributed by atoms with Crippen LogP contribution in [-0.4, -0.2) is 36.5 Å². The summed E-state index contributed by atoms with van der Waals surface area (Å²) in [5.41, 5.74) is 2.13. The topological polar surface area (TPSA) is 121 Å². The Bertz CT molecular complexity index is 1330. The number of hydrogen-bond acceptors (Lipinski definition) is 6. The van der Waals surface area contributed by atoms with Crippen molar-refractivity contribution in [2.24, 2.45) is 0 Å². The van der Waals surface area contributed by atoms with E-state index in [1.54, 1.807) is 13.0 Å². The van der Waals surface area contributed by atoms with Crippen molar-refractivity contribution in [3.8, 4) is 0 Å². The first-order valence-corrected chi connectivity index (χ1v) is 11.9. The van der Waals surface area contributed by atoms with Gasteiger partial charge >= 0.3 is 5.97 Å². The Balaban J connectivity index is 1.62. The van der Waals surface area contributed by atoms with Crippen molar-refractivity contribution in [3.63, 3.8) is 0 Å². The predicted molar refractivity (Wildman–Crippen MR) is 118 cm³/mol. The number of aromatic nitrogens is 1. The van der Waals surface area contributed by atoms with Crippen LogP contribution in [0.3, 0.4) is 0 Å². The third kappa shape index (κ3) is 4.60. The molecule has 0 bridgehead atoms. The van der Waals surface area contributed by atoms with Gasteiger partial charge in [-0.2, -0.15) is 0 Å². The minimum atomic E-state index is -3.91. The Labute approximate surface area is 189 Å². The quantitative estimate of drug-likeness (QED) is 0.319. The van der Waals surface area contributed by atoms with Gasteiger partial charge in [0, 0.05) is 34.8 Å². The van der Waals surface area contributed by atoms with Gasteiger partial charge in [0.05, 0.1) is 16.4 Å². The molecule has 1 heterocycles. The van der Waals surface area contributed by atoms with E-state index < -0.39 is 32.8 Å². The van der Waals surface area contributed by atoms with E-state index in [9.17, 15) is 27.7 Å². The maximum atomic E-state index is 14.0. The number of hydrogen-bond donors (Lipinski definition) is 1. The van der Waals surface area contributed by atoms with Crippen LogP contribution in [-0.2, 0) is 38.9 Å². The number of nitrogens with one attached hydrogen (secondary N) is 1. The molecule has 0 radical (unpaired) electrons. The second kappa shape index (κ2) is 8.91. The average molecular weight is 475 g/mol. The Morgan fingerprint density at radius 2 is 2.00 bits per heavy atom. The highest BCUT2D eigenvalue weighted by Gasteiger charge is 2.29. The molecule has 33 heavy (non-hydrogen) atoms. The van der Waals surface area contributed by atoms with Gasteiger partial charge in [-0.05, 0) is 62.1 Å². The number of esters is 1. The Kier molecular flexibility index (Phi) is 6.17. The van der Waals surface area contributed by atoms with Crippen molar-refractivity contribution >= 4 is 32.6 Å². The first kappa shape index (κ1) is 22.9.